The maximum atomic E-state index is 12.5. The van der Waals surface area contributed by atoms with Gasteiger partial charge in [-0.1, -0.05) is 0 Å². The zero-order valence-electron chi connectivity index (χ0n) is 16.4. The van der Waals surface area contributed by atoms with Crippen LogP contribution in [0.1, 0.15) is 40.9 Å². The Bertz CT molecular complexity index is 1110. The number of anilines is 2. The van der Waals surface area contributed by atoms with Gasteiger partial charge in [-0.05, 0) is 26.0 Å². The maximum Gasteiger partial charge on any atom is 0.405 e. The number of hydrogen-bond acceptors (Lipinski definition) is 7. The molecule has 0 aliphatic heterocycles. The van der Waals surface area contributed by atoms with Gasteiger partial charge in [-0.25, -0.2) is 9.97 Å². The second-order valence-electron chi connectivity index (χ2n) is 6.72. The number of nitrogens with zero attached hydrogens (tertiary/aromatic N) is 4. The summed E-state index contributed by atoms with van der Waals surface area (Å²) in [7, 11) is 0. The van der Waals surface area contributed by atoms with Gasteiger partial charge in [0.25, 0.3) is 11.8 Å². The van der Waals surface area contributed by atoms with E-state index in [0.29, 0.717) is 5.56 Å². The Labute approximate surface area is 173 Å². The van der Waals surface area contributed by atoms with Crippen LogP contribution in [-0.4, -0.2) is 44.3 Å². The number of alkyl halides is 3. The van der Waals surface area contributed by atoms with Crippen molar-refractivity contribution in [2.75, 3.05) is 17.2 Å². The summed E-state index contributed by atoms with van der Waals surface area (Å²) >= 11 is 0. The molecule has 0 radical (unpaired) electrons. The molecule has 10 nitrogen and oxygen atoms in total. The number of aromatic nitrogens is 4. The first-order chi connectivity index (χ1) is 14.5. The summed E-state index contributed by atoms with van der Waals surface area (Å²) < 4.78 is 43.8. The van der Waals surface area contributed by atoms with E-state index in [-0.39, 0.29) is 34.8 Å². The molecule has 0 saturated carbocycles. The van der Waals surface area contributed by atoms with Crippen LogP contribution in [0.15, 0.2) is 35.2 Å². The Balaban J connectivity index is 1.77. The van der Waals surface area contributed by atoms with Crippen molar-refractivity contribution in [2.24, 2.45) is 5.73 Å². The topological polar surface area (TPSA) is 141 Å². The van der Waals surface area contributed by atoms with Crippen molar-refractivity contribution in [1.82, 2.24) is 19.7 Å². The predicted octanol–water partition coefficient (Wildman–Crippen LogP) is 2.84. The number of nitrogens with two attached hydrogens (primary N) is 1. The largest absolute Gasteiger partial charge is 0.444 e. The molecule has 0 aliphatic rings. The van der Waals surface area contributed by atoms with Crippen molar-refractivity contribution in [3.8, 4) is 11.5 Å². The SMILES string of the molecule is CC(C)n1cc(NC(=O)c2coc(-c3ccnc(NCC(F)(F)F)c3)n2)c(C(N)=O)n1. The molecule has 0 aromatic carbocycles. The van der Waals surface area contributed by atoms with Gasteiger partial charge in [-0.3, -0.25) is 14.3 Å². The first kappa shape index (κ1) is 21.8. The number of rotatable bonds is 7. The van der Waals surface area contributed by atoms with Gasteiger partial charge in [0.05, 0.1) is 5.69 Å². The summed E-state index contributed by atoms with van der Waals surface area (Å²) in [6.45, 7) is 2.41. The lowest BCUT2D eigenvalue weighted by Crippen LogP contribution is -2.21. The molecule has 3 rings (SSSR count). The highest BCUT2D eigenvalue weighted by Gasteiger charge is 2.27. The van der Waals surface area contributed by atoms with E-state index < -0.39 is 24.5 Å². The fourth-order valence-corrected chi connectivity index (χ4v) is 2.48. The van der Waals surface area contributed by atoms with E-state index in [9.17, 15) is 22.8 Å². The lowest BCUT2D eigenvalue weighted by molar-refractivity contribution is -0.115. The second kappa shape index (κ2) is 8.45. The Hall–Kier alpha value is -3.90. The third-order valence-corrected chi connectivity index (χ3v) is 3.96. The second-order valence-corrected chi connectivity index (χ2v) is 6.72. The molecule has 3 aromatic heterocycles. The zero-order valence-corrected chi connectivity index (χ0v) is 16.4. The number of halogens is 3. The van der Waals surface area contributed by atoms with Gasteiger partial charge < -0.3 is 20.8 Å². The van der Waals surface area contributed by atoms with Crippen molar-refractivity contribution in [1.29, 1.82) is 0 Å². The molecule has 2 amide bonds. The van der Waals surface area contributed by atoms with Crippen LogP contribution in [-0.2, 0) is 0 Å². The number of pyridine rings is 1. The Morgan fingerprint density at radius 2 is 2.06 bits per heavy atom. The van der Waals surface area contributed by atoms with Crippen LogP contribution in [0.2, 0.25) is 0 Å². The summed E-state index contributed by atoms with van der Waals surface area (Å²) in [6, 6.07) is 2.69. The van der Waals surface area contributed by atoms with Gasteiger partial charge in [0.1, 0.15) is 18.6 Å². The van der Waals surface area contributed by atoms with Gasteiger partial charge in [0.2, 0.25) is 5.89 Å². The van der Waals surface area contributed by atoms with Gasteiger partial charge in [0.15, 0.2) is 11.4 Å². The van der Waals surface area contributed by atoms with Crippen molar-refractivity contribution >= 4 is 23.3 Å². The number of hydrogen-bond donors (Lipinski definition) is 3. The standard InChI is InChI=1S/C18H18F3N7O3/c1-9(2)28-6-11(14(27-28)15(22)29)25-16(30)12-7-31-17(26-12)10-3-4-23-13(5-10)24-8-18(19,20)21/h3-7,9H,8H2,1-2H3,(H2,22,29)(H,23,24)(H,25,30). The monoisotopic (exact) mass is 437 g/mol. The van der Waals surface area contributed by atoms with Crippen LogP contribution >= 0.6 is 0 Å². The lowest BCUT2D eigenvalue weighted by atomic mass is 10.2. The van der Waals surface area contributed by atoms with Crippen LogP contribution in [0.4, 0.5) is 24.7 Å². The van der Waals surface area contributed by atoms with E-state index in [2.05, 4.69) is 25.7 Å². The molecule has 3 aromatic rings. The molecule has 31 heavy (non-hydrogen) atoms. The van der Waals surface area contributed by atoms with E-state index in [1.165, 1.54) is 29.2 Å². The van der Waals surface area contributed by atoms with Gasteiger partial charge >= 0.3 is 6.18 Å². The summed E-state index contributed by atoms with van der Waals surface area (Å²) in [4.78, 5) is 31.9. The van der Waals surface area contributed by atoms with Crippen molar-refractivity contribution in [2.45, 2.75) is 26.1 Å². The minimum atomic E-state index is -4.40. The minimum absolute atomic E-state index is 0.00407. The Kier molecular flexibility index (Phi) is 5.95. The highest BCUT2D eigenvalue weighted by atomic mass is 19.4. The molecule has 0 saturated heterocycles. The van der Waals surface area contributed by atoms with E-state index in [1.807, 2.05) is 13.8 Å². The van der Waals surface area contributed by atoms with Crippen LogP contribution in [0.25, 0.3) is 11.5 Å². The average molecular weight is 437 g/mol. The third kappa shape index (κ3) is 5.38. The highest BCUT2D eigenvalue weighted by Crippen LogP contribution is 2.23. The van der Waals surface area contributed by atoms with Crippen molar-refractivity contribution < 1.29 is 27.2 Å². The van der Waals surface area contributed by atoms with Crippen LogP contribution in [0.3, 0.4) is 0 Å². The summed E-state index contributed by atoms with van der Waals surface area (Å²) in [5.74, 6) is -1.54. The molecule has 0 spiro atoms. The quantitative estimate of drug-likeness (QED) is 0.516. The van der Waals surface area contributed by atoms with Crippen molar-refractivity contribution in [3.05, 3.63) is 42.2 Å². The van der Waals surface area contributed by atoms with E-state index >= 15 is 0 Å². The predicted molar refractivity (Wildman–Crippen MR) is 103 cm³/mol. The third-order valence-electron chi connectivity index (χ3n) is 3.96. The molecule has 13 heteroatoms. The lowest BCUT2D eigenvalue weighted by Gasteiger charge is -2.08. The number of nitrogens with one attached hydrogen (secondary N) is 2. The van der Waals surface area contributed by atoms with Crippen LogP contribution in [0.5, 0.6) is 0 Å². The molecule has 0 unspecified atom stereocenters. The summed E-state index contributed by atoms with van der Waals surface area (Å²) in [5, 5.41) is 8.69. The molecule has 0 bridgehead atoms. The number of amides is 2. The number of carbonyl (C=O) groups excluding carboxylic acids is 2. The normalized spacial score (nSPS) is 11.5. The molecule has 0 aliphatic carbocycles. The summed E-state index contributed by atoms with van der Waals surface area (Å²) in [5.41, 5.74) is 5.49. The zero-order chi connectivity index (χ0) is 22.8. The van der Waals surface area contributed by atoms with Gasteiger partial charge in [-0.15, -0.1) is 0 Å². The molecular formula is C18H18F3N7O3. The molecule has 0 atom stereocenters. The molecule has 4 N–H and O–H groups in total. The number of carbonyl (C=O) groups is 2. The number of oxazole rings is 1. The Morgan fingerprint density at radius 1 is 1.32 bits per heavy atom. The maximum absolute atomic E-state index is 12.5. The van der Waals surface area contributed by atoms with Crippen LogP contribution in [0, 0.1) is 0 Å². The van der Waals surface area contributed by atoms with Crippen molar-refractivity contribution in [3.63, 3.8) is 0 Å². The smallest absolute Gasteiger partial charge is 0.405 e. The first-order valence-corrected chi connectivity index (χ1v) is 8.96. The van der Waals surface area contributed by atoms with E-state index in [4.69, 9.17) is 10.2 Å². The molecule has 164 valence electrons. The fraction of sp³-hybridized carbons (Fsp3) is 0.278. The summed E-state index contributed by atoms with van der Waals surface area (Å²) in [6.07, 6.45) is -0.591. The Morgan fingerprint density at radius 3 is 2.71 bits per heavy atom. The first-order valence-electron chi connectivity index (χ1n) is 8.96. The van der Waals surface area contributed by atoms with Gasteiger partial charge in [0, 0.05) is 24.0 Å². The molecular weight excluding hydrogens is 419 g/mol. The average Bonchev–Trinajstić information content (AvgIpc) is 3.34. The van der Waals surface area contributed by atoms with Crippen LogP contribution < -0.4 is 16.4 Å². The molecule has 3 heterocycles. The van der Waals surface area contributed by atoms with Gasteiger partial charge in [-0.2, -0.15) is 18.3 Å². The fourth-order valence-electron chi connectivity index (χ4n) is 2.48. The van der Waals surface area contributed by atoms with E-state index in [1.54, 1.807) is 0 Å². The van der Waals surface area contributed by atoms with E-state index in [0.717, 1.165) is 6.26 Å². The highest BCUT2D eigenvalue weighted by molar-refractivity contribution is 6.07. The number of primary amides is 1. The minimum Gasteiger partial charge on any atom is -0.444 e. The molecule has 0 fully saturated rings.